The van der Waals surface area contributed by atoms with E-state index in [9.17, 15) is 14.9 Å². The largest absolute Gasteiger partial charge is 0.380 e. The maximum Gasteiger partial charge on any atom is 0.272 e. The van der Waals surface area contributed by atoms with Crippen molar-refractivity contribution in [3.63, 3.8) is 0 Å². The summed E-state index contributed by atoms with van der Waals surface area (Å²) in [5.41, 5.74) is 0.670. The van der Waals surface area contributed by atoms with Gasteiger partial charge < -0.3 is 9.30 Å². The predicted octanol–water partition coefficient (Wildman–Crippen LogP) is 3.85. The van der Waals surface area contributed by atoms with Crippen molar-refractivity contribution in [3.8, 4) is 0 Å². The van der Waals surface area contributed by atoms with E-state index in [0.717, 1.165) is 9.58 Å². The second kappa shape index (κ2) is 8.85. The minimum absolute atomic E-state index is 0.000859. The fourth-order valence-electron chi connectivity index (χ4n) is 2.44. The third-order valence-corrected chi connectivity index (χ3v) is 5.58. The van der Waals surface area contributed by atoms with Crippen LogP contribution in [-0.4, -0.2) is 28.6 Å². The minimum atomic E-state index is -0.435. The van der Waals surface area contributed by atoms with E-state index in [-0.39, 0.29) is 11.6 Å². The molecule has 0 unspecified atom stereocenters. The van der Waals surface area contributed by atoms with E-state index in [2.05, 4.69) is 4.99 Å². The van der Waals surface area contributed by atoms with E-state index in [1.165, 1.54) is 40.9 Å². The molecule has 27 heavy (non-hydrogen) atoms. The number of thiazole rings is 1. The standard InChI is InChI=1S/C18H17N3O4S2/c1-2-25-10-9-20-15-12-13(21(23)24)5-7-16(15)27-18(20)19-17(22)8-6-14-4-3-11-26-14/h3-8,11-12H,2,9-10H2,1H3/b8-6+,19-18?. The molecule has 0 atom stereocenters. The van der Waals surface area contributed by atoms with Gasteiger partial charge in [0.15, 0.2) is 4.80 Å². The molecule has 140 valence electrons. The highest BCUT2D eigenvalue weighted by molar-refractivity contribution is 7.16. The molecule has 2 heterocycles. The number of nitro benzene ring substituents is 1. The summed E-state index contributed by atoms with van der Waals surface area (Å²) in [6.07, 6.45) is 3.14. The van der Waals surface area contributed by atoms with Crippen LogP contribution in [0.3, 0.4) is 0 Å². The lowest BCUT2D eigenvalue weighted by Crippen LogP contribution is -2.19. The van der Waals surface area contributed by atoms with Crippen molar-refractivity contribution in [2.75, 3.05) is 13.2 Å². The monoisotopic (exact) mass is 403 g/mol. The van der Waals surface area contributed by atoms with Gasteiger partial charge in [0, 0.05) is 36.2 Å². The van der Waals surface area contributed by atoms with Crippen LogP contribution in [-0.2, 0) is 16.1 Å². The molecule has 9 heteroatoms. The van der Waals surface area contributed by atoms with Crippen molar-refractivity contribution >= 4 is 50.6 Å². The Balaban J connectivity index is 2.00. The number of non-ortho nitro benzene ring substituents is 1. The average Bonchev–Trinajstić information content (AvgIpc) is 3.28. The van der Waals surface area contributed by atoms with Crippen LogP contribution in [0.4, 0.5) is 5.69 Å². The number of aromatic nitrogens is 1. The summed E-state index contributed by atoms with van der Waals surface area (Å²) in [6, 6.07) is 8.46. The lowest BCUT2D eigenvalue weighted by molar-refractivity contribution is -0.384. The summed E-state index contributed by atoms with van der Waals surface area (Å²) in [7, 11) is 0. The third-order valence-electron chi connectivity index (χ3n) is 3.68. The molecule has 0 bridgehead atoms. The van der Waals surface area contributed by atoms with Crippen LogP contribution < -0.4 is 4.80 Å². The lowest BCUT2D eigenvalue weighted by atomic mass is 10.3. The van der Waals surface area contributed by atoms with Gasteiger partial charge in [-0.25, -0.2) is 0 Å². The molecule has 0 aliphatic rings. The number of hydrogen-bond acceptors (Lipinski definition) is 6. The van der Waals surface area contributed by atoms with Crippen LogP contribution in [0, 0.1) is 10.1 Å². The topological polar surface area (TPSA) is 86.7 Å². The van der Waals surface area contributed by atoms with Crippen LogP contribution in [0.25, 0.3) is 16.3 Å². The average molecular weight is 403 g/mol. The van der Waals surface area contributed by atoms with Gasteiger partial charge in [-0.2, -0.15) is 4.99 Å². The summed E-state index contributed by atoms with van der Waals surface area (Å²) < 4.78 is 8.02. The van der Waals surface area contributed by atoms with E-state index in [0.29, 0.717) is 30.1 Å². The number of nitrogens with zero attached hydrogens (tertiary/aromatic N) is 3. The molecule has 3 rings (SSSR count). The molecule has 7 nitrogen and oxygen atoms in total. The Hall–Kier alpha value is -2.62. The summed E-state index contributed by atoms with van der Waals surface area (Å²) in [4.78, 5) is 28.5. The van der Waals surface area contributed by atoms with Gasteiger partial charge in [-0.1, -0.05) is 17.4 Å². The molecule has 1 aromatic carbocycles. The van der Waals surface area contributed by atoms with Crippen molar-refractivity contribution in [3.05, 3.63) is 61.6 Å². The van der Waals surface area contributed by atoms with Gasteiger partial charge >= 0.3 is 0 Å². The zero-order valence-electron chi connectivity index (χ0n) is 14.5. The molecule has 0 saturated carbocycles. The Morgan fingerprint density at radius 3 is 2.96 bits per heavy atom. The number of carbonyl (C=O) groups excluding carboxylic acids is 1. The molecule has 0 aliphatic heterocycles. The van der Waals surface area contributed by atoms with Crippen molar-refractivity contribution in [1.29, 1.82) is 0 Å². The number of amides is 1. The smallest absolute Gasteiger partial charge is 0.272 e. The maximum absolute atomic E-state index is 12.2. The van der Waals surface area contributed by atoms with Gasteiger partial charge in [0.1, 0.15) is 0 Å². The number of thiophene rings is 1. The molecule has 0 radical (unpaired) electrons. The molecule has 3 aromatic rings. The third kappa shape index (κ3) is 4.76. The molecule has 0 spiro atoms. The van der Waals surface area contributed by atoms with Gasteiger partial charge in [-0.3, -0.25) is 14.9 Å². The van der Waals surface area contributed by atoms with Crippen molar-refractivity contribution in [2.24, 2.45) is 4.99 Å². The summed E-state index contributed by atoms with van der Waals surface area (Å²) >= 11 is 2.85. The Kier molecular flexibility index (Phi) is 6.28. The summed E-state index contributed by atoms with van der Waals surface area (Å²) in [5, 5.41) is 13.0. The highest BCUT2D eigenvalue weighted by Gasteiger charge is 2.12. The summed E-state index contributed by atoms with van der Waals surface area (Å²) in [5.74, 6) is -0.380. The number of ether oxygens (including phenoxy) is 1. The number of hydrogen-bond donors (Lipinski definition) is 0. The first-order valence-corrected chi connectivity index (χ1v) is 9.94. The Morgan fingerprint density at radius 1 is 1.41 bits per heavy atom. The minimum Gasteiger partial charge on any atom is -0.380 e. The fraction of sp³-hybridized carbons (Fsp3) is 0.222. The zero-order chi connectivity index (χ0) is 19.2. The quantitative estimate of drug-likeness (QED) is 0.259. The molecular weight excluding hydrogens is 386 g/mol. The number of rotatable bonds is 7. The highest BCUT2D eigenvalue weighted by Crippen LogP contribution is 2.23. The van der Waals surface area contributed by atoms with E-state index < -0.39 is 4.92 Å². The first-order chi connectivity index (χ1) is 13.1. The van der Waals surface area contributed by atoms with Gasteiger partial charge in [-0.05, 0) is 30.5 Å². The normalized spacial score (nSPS) is 12.3. The lowest BCUT2D eigenvalue weighted by Gasteiger charge is -2.05. The number of fused-ring (bicyclic) bond motifs is 1. The van der Waals surface area contributed by atoms with E-state index >= 15 is 0 Å². The van der Waals surface area contributed by atoms with E-state index in [4.69, 9.17) is 4.74 Å². The second-order valence-electron chi connectivity index (χ2n) is 5.44. The molecule has 0 fully saturated rings. The van der Waals surface area contributed by atoms with Crippen molar-refractivity contribution < 1.29 is 14.5 Å². The highest BCUT2D eigenvalue weighted by atomic mass is 32.1. The van der Waals surface area contributed by atoms with Crippen LogP contribution in [0.1, 0.15) is 11.8 Å². The first kappa shape index (κ1) is 19.2. The number of benzene rings is 1. The Morgan fingerprint density at radius 2 is 2.26 bits per heavy atom. The molecule has 0 N–H and O–H groups in total. The summed E-state index contributed by atoms with van der Waals surface area (Å²) in [6.45, 7) is 3.34. The Labute approximate surface area is 163 Å². The SMILES string of the molecule is CCOCCn1c(=NC(=O)/C=C/c2cccs2)sc2ccc([N+](=O)[O-])cc21. The molecule has 2 aromatic heterocycles. The second-order valence-corrected chi connectivity index (χ2v) is 7.43. The maximum atomic E-state index is 12.2. The predicted molar refractivity (Wildman–Crippen MR) is 107 cm³/mol. The molecule has 1 amide bonds. The van der Waals surface area contributed by atoms with Gasteiger partial charge in [-0.15, -0.1) is 11.3 Å². The van der Waals surface area contributed by atoms with Gasteiger partial charge in [0.05, 0.1) is 21.7 Å². The molecular formula is C18H17N3O4S2. The molecule has 0 aliphatic carbocycles. The number of carbonyl (C=O) groups is 1. The van der Waals surface area contributed by atoms with Crippen LogP contribution in [0.2, 0.25) is 0 Å². The molecule has 0 saturated heterocycles. The van der Waals surface area contributed by atoms with Crippen LogP contribution in [0.15, 0.2) is 46.8 Å². The van der Waals surface area contributed by atoms with Crippen molar-refractivity contribution in [2.45, 2.75) is 13.5 Å². The number of nitro groups is 1. The van der Waals surface area contributed by atoms with E-state index in [1.54, 1.807) is 16.7 Å². The van der Waals surface area contributed by atoms with Crippen molar-refractivity contribution in [1.82, 2.24) is 4.57 Å². The first-order valence-electron chi connectivity index (χ1n) is 8.24. The Bertz CT molecular complexity index is 1050. The van der Waals surface area contributed by atoms with E-state index in [1.807, 2.05) is 24.4 Å². The van der Waals surface area contributed by atoms with Crippen LogP contribution in [0.5, 0.6) is 0 Å². The zero-order valence-corrected chi connectivity index (χ0v) is 16.2. The van der Waals surface area contributed by atoms with Gasteiger partial charge in [0.25, 0.3) is 11.6 Å². The van der Waals surface area contributed by atoms with Gasteiger partial charge in [0.2, 0.25) is 0 Å². The fourth-order valence-corrected chi connectivity index (χ4v) is 4.10. The van der Waals surface area contributed by atoms with Crippen LogP contribution >= 0.6 is 22.7 Å².